The van der Waals surface area contributed by atoms with E-state index in [0.717, 1.165) is 25.9 Å². The molecule has 0 unspecified atom stereocenters. The molecular weight excluding hydrogens is 266 g/mol. The Hall–Kier alpha value is -1.26. The minimum atomic E-state index is -0.978. The van der Waals surface area contributed by atoms with E-state index in [0.29, 0.717) is 16.3 Å². The van der Waals surface area contributed by atoms with E-state index in [-0.39, 0.29) is 11.7 Å². The lowest BCUT2D eigenvalue weighted by atomic mass is 10.1. The molecular formula is C14H18ClNO3. The third kappa shape index (κ3) is 3.39. The quantitative estimate of drug-likeness (QED) is 0.927. The van der Waals surface area contributed by atoms with Crippen molar-refractivity contribution in [1.29, 1.82) is 0 Å². The molecule has 19 heavy (non-hydrogen) atoms. The summed E-state index contributed by atoms with van der Waals surface area (Å²) in [4.78, 5) is 13.4. The Labute approximate surface area is 117 Å². The first-order chi connectivity index (χ1) is 8.97. The van der Waals surface area contributed by atoms with E-state index in [9.17, 15) is 4.79 Å². The molecule has 104 valence electrons. The molecule has 1 N–H and O–H groups in total. The van der Waals surface area contributed by atoms with Crippen LogP contribution in [0.15, 0.2) is 12.1 Å². The van der Waals surface area contributed by atoms with Crippen LogP contribution in [-0.4, -0.2) is 42.2 Å². The Balaban J connectivity index is 2.18. The Kier molecular flexibility index (Phi) is 4.32. The fourth-order valence-electron chi connectivity index (χ4n) is 2.28. The van der Waals surface area contributed by atoms with Gasteiger partial charge in [0, 0.05) is 23.7 Å². The first-order valence-electron chi connectivity index (χ1n) is 6.36. The van der Waals surface area contributed by atoms with Crippen LogP contribution in [-0.2, 0) is 0 Å². The van der Waals surface area contributed by atoms with Crippen LogP contribution in [0.2, 0.25) is 5.02 Å². The van der Waals surface area contributed by atoms with Crippen molar-refractivity contribution in [3.63, 3.8) is 0 Å². The topological polar surface area (TPSA) is 49.8 Å². The SMILES string of the molecule is Cc1c(OC2CCN(C)CC2)cc(Cl)cc1C(=O)O. The molecule has 0 spiro atoms. The number of aromatic carboxylic acids is 1. The summed E-state index contributed by atoms with van der Waals surface area (Å²) in [6.45, 7) is 3.75. The Morgan fingerprint density at radius 3 is 2.63 bits per heavy atom. The lowest BCUT2D eigenvalue weighted by Gasteiger charge is -2.30. The molecule has 0 aromatic heterocycles. The summed E-state index contributed by atoms with van der Waals surface area (Å²) in [5.41, 5.74) is 0.839. The molecule has 0 saturated carbocycles. The molecule has 1 fully saturated rings. The smallest absolute Gasteiger partial charge is 0.336 e. The number of halogens is 1. The van der Waals surface area contributed by atoms with Crippen LogP contribution in [0, 0.1) is 6.92 Å². The number of carbonyl (C=O) groups is 1. The van der Waals surface area contributed by atoms with Gasteiger partial charge in [-0.3, -0.25) is 0 Å². The van der Waals surface area contributed by atoms with Gasteiger partial charge in [-0.2, -0.15) is 0 Å². The Morgan fingerprint density at radius 1 is 1.42 bits per heavy atom. The molecule has 1 aromatic rings. The summed E-state index contributed by atoms with van der Waals surface area (Å²) in [6, 6.07) is 3.16. The van der Waals surface area contributed by atoms with Crippen molar-refractivity contribution < 1.29 is 14.6 Å². The van der Waals surface area contributed by atoms with E-state index in [4.69, 9.17) is 21.4 Å². The van der Waals surface area contributed by atoms with Crippen molar-refractivity contribution in [2.45, 2.75) is 25.9 Å². The van der Waals surface area contributed by atoms with Gasteiger partial charge in [0.2, 0.25) is 0 Å². The average Bonchev–Trinajstić information content (AvgIpc) is 2.35. The van der Waals surface area contributed by atoms with Gasteiger partial charge in [0.1, 0.15) is 11.9 Å². The van der Waals surface area contributed by atoms with Gasteiger partial charge in [0.15, 0.2) is 0 Å². The number of hydrogen-bond acceptors (Lipinski definition) is 3. The van der Waals surface area contributed by atoms with Crippen LogP contribution in [0.5, 0.6) is 5.75 Å². The van der Waals surface area contributed by atoms with E-state index < -0.39 is 5.97 Å². The predicted molar refractivity (Wildman–Crippen MR) is 74.3 cm³/mol. The minimum Gasteiger partial charge on any atom is -0.490 e. The van der Waals surface area contributed by atoms with Crippen molar-refractivity contribution in [1.82, 2.24) is 4.90 Å². The number of carboxylic acid groups (broad SMARTS) is 1. The summed E-state index contributed by atoms with van der Waals surface area (Å²) in [7, 11) is 2.09. The van der Waals surface area contributed by atoms with Gasteiger partial charge in [-0.15, -0.1) is 0 Å². The van der Waals surface area contributed by atoms with E-state index in [2.05, 4.69) is 11.9 Å². The van der Waals surface area contributed by atoms with Gasteiger partial charge in [0.05, 0.1) is 5.56 Å². The molecule has 1 aliphatic heterocycles. The van der Waals surface area contributed by atoms with Crippen LogP contribution < -0.4 is 4.74 Å². The third-order valence-electron chi connectivity index (χ3n) is 3.51. The lowest BCUT2D eigenvalue weighted by Crippen LogP contribution is -2.35. The zero-order valence-corrected chi connectivity index (χ0v) is 11.9. The number of rotatable bonds is 3. The number of likely N-dealkylation sites (tertiary alicyclic amines) is 1. The zero-order chi connectivity index (χ0) is 14.0. The number of benzene rings is 1. The summed E-state index contributed by atoms with van der Waals surface area (Å²) >= 11 is 5.96. The molecule has 0 radical (unpaired) electrons. The minimum absolute atomic E-state index is 0.134. The van der Waals surface area contributed by atoms with Crippen molar-refractivity contribution in [3.05, 3.63) is 28.3 Å². The second kappa shape index (κ2) is 5.80. The van der Waals surface area contributed by atoms with Crippen molar-refractivity contribution >= 4 is 17.6 Å². The highest BCUT2D eigenvalue weighted by molar-refractivity contribution is 6.31. The maximum Gasteiger partial charge on any atom is 0.336 e. The second-order valence-corrected chi connectivity index (χ2v) is 5.44. The molecule has 1 saturated heterocycles. The number of hydrogen-bond donors (Lipinski definition) is 1. The maximum absolute atomic E-state index is 11.1. The Bertz CT molecular complexity index is 482. The number of piperidine rings is 1. The standard InChI is InChI=1S/C14H18ClNO3/c1-9-12(14(17)18)7-10(15)8-13(9)19-11-3-5-16(2)6-4-11/h7-8,11H,3-6H2,1-2H3,(H,17,18). The van der Waals surface area contributed by atoms with Gasteiger partial charge in [0.25, 0.3) is 0 Å². The van der Waals surface area contributed by atoms with E-state index in [1.807, 2.05) is 0 Å². The molecule has 1 aliphatic rings. The van der Waals surface area contributed by atoms with E-state index >= 15 is 0 Å². The van der Waals surface area contributed by atoms with Gasteiger partial charge in [-0.05, 0) is 38.9 Å². The highest BCUT2D eigenvalue weighted by atomic mass is 35.5. The van der Waals surface area contributed by atoms with Crippen LogP contribution in [0.4, 0.5) is 0 Å². The average molecular weight is 284 g/mol. The first-order valence-corrected chi connectivity index (χ1v) is 6.74. The number of ether oxygens (including phenoxy) is 1. The third-order valence-corrected chi connectivity index (χ3v) is 3.73. The fraction of sp³-hybridized carbons (Fsp3) is 0.500. The second-order valence-electron chi connectivity index (χ2n) is 5.00. The molecule has 0 bridgehead atoms. The van der Waals surface area contributed by atoms with Crippen LogP contribution >= 0.6 is 11.6 Å². The van der Waals surface area contributed by atoms with Gasteiger partial charge in [-0.25, -0.2) is 4.79 Å². The first kappa shape index (κ1) is 14.2. The molecule has 1 heterocycles. The summed E-state index contributed by atoms with van der Waals surface area (Å²) in [5.74, 6) is -0.396. The van der Waals surface area contributed by atoms with Crippen LogP contribution in [0.1, 0.15) is 28.8 Å². The monoisotopic (exact) mass is 283 g/mol. The highest BCUT2D eigenvalue weighted by Gasteiger charge is 2.20. The number of nitrogens with zero attached hydrogens (tertiary/aromatic N) is 1. The molecule has 0 atom stereocenters. The fourth-order valence-corrected chi connectivity index (χ4v) is 2.49. The predicted octanol–water partition coefficient (Wildman–Crippen LogP) is 2.82. The van der Waals surface area contributed by atoms with E-state index in [1.165, 1.54) is 6.07 Å². The normalized spacial score (nSPS) is 17.4. The molecule has 1 aromatic carbocycles. The molecule has 4 nitrogen and oxygen atoms in total. The zero-order valence-electron chi connectivity index (χ0n) is 11.1. The molecule has 5 heteroatoms. The van der Waals surface area contributed by atoms with Crippen molar-refractivity contribution in [3.8, 4) is 5.75 Å². The van der Waals surface area contributed by atoms with Gasteiger partial charge in [-0.1, -0.05) is 11.6 Å². The molecule has 0 amide bonds. The van der Waals surface area contributed by atoms with Crippen LogP contribution in [0.3, 0.4) is 0 Å². The van der Waals surface area contributed by atoms with Crippen molar-refractivity contribution in [2.75, 3.05) is 20.1 Å². The van der Waals surface area contributed by atoms with E-state index in [1.54, 1.807) is 13.0 Å². The lowest BCUT2D eigenvalue weighted by molar-refractivity contribution is 0.0694. The summed E-state index contributed by atoms with van der Waals surface area (Å²) < 4.78 is 5.93. The van der Waals surface area contributed by atoms with Gasteiger partial charge < -0.3 is 14.7 Å². The van der Waals surface area contributed by atoms with Crippen molar-refractivity contribution in [2.24, 2.45) is 0 Å². The maximum atomic E-state index is 11.1. The summed E-state index contributed by atoms with van der Waals surface area (Å²) in [5, 5.41) is 9.53. The number of carboxylic acids is 1. The molecule has 0 aliphatic carbocycles. The molecule has 2 rings (SSSR count). The highest BCUT2D eigenvalue weighted by Crippen LogP contribution is 2.29. The summed E-state index contributed by atoms with van der Waals surface area (Å²) in [6.07, 6.45) is 2.03. The van der Waals surface area contributed by atoms with Gasteiger partial charge >= 0.3 is 5.97 Å². The Morgan fingerprint density at radius 2 is 2.05 bits per heavy atom. The largest absolute Gasteiger partial charge is 0.490 e. The van der Waals surface area contributed by atoms with Crippen LogP contribution in [0.25, 0.3) is 0 Å².